The summed E-state index contributed by atoms with van der Waals surface area (Å²) in [5.41, 5.74) is 0.820. The molecular formula is C17H12FN3O3. The Morgan fingerprint density at radius 2 is 2.04 bits per heavy atom. The molecule has 3 amide bonds. The zero-order chi connectivity index (χ0) is 16.7. The third-order valence-corrected chi connectivity index (χ3v) is 3.85. The largest absolute Gasteiger partial charge is 0.461 e. The molecule has 1 atom stereocenters. The average molecular weight is 325 g/mol. The van der Waals surface area contributed by atoms with Gasteiger partial charge < -0.3 is 9.73 Å². The Bertz CT molecular complexity index is 920. The molecule has 24 heavy (non-hydrogen) atoms. The van der Waals surface area contributed by atoms with Crippen LogP contribution in [0.1, 0.15) is 5.76 Å². The van der Waals surface area contributed by atoms with Crippen molar-refractivity contribution in [2.45, 2.75) is 12.5 Å². The van der Waals surface area contributed by atoms with Crippen molar-refractivity contribution in [2.75, 3.05) is 4.90 Å². The summed E-state index contributed by atoms with van der Waals surface area (Å²) >= 11 is 0. The van der Waals surface area contributed by atoms with E-state index in [-0.39, 0.29) is 12.1 Å². The molecule has 0 spiro atoms. The molecular weight excluding hydrogens is 313 g/mol. The van der Waals surface area contributed by atoms with Crippen molar-refractivity contribution >= 4 is 28.6 Å². The summed E-state index contributed by atoms with van der Waals surface area (Å²) in [6.45, 7) is 0. The number of para-hydroxylation sites is 1. The number of fused-ring (bicyclic) bond motifs is 1. The van der Waals surface area contributed by atoms with Crippen LogP contribution in [0.2, 0.25) is 0 Å². The molecule has 1 aromatic carbocycles. The number of pyridine rings is 1. The highest BCUT2D eigenvalue weighted by Crippen LogP contribution is 2.24. The van der Waals surface area contributed by atoms with Crippen LogP contribution in [0.25, 0.3) is 11.0 Å². The van der Waals surface area contributed by atoms with Crippen LogP contribution in [0.3, 0.4) is 0 Å². The molecule has 1 unspecified atom stereocenters. The SMILES string of the molecule is O=C1NC(Cc2cc3ccccc3o2)C(=O)N1c1cncc(F)c1. The summed E-state index contributed by atoms with van der Waals surface area (Å²) in [6.07, 6.45) is 2.50. The molecule has 1 saturated heterocycles. The number of nitrogens with one attached hydrogen (secondary N) is 1. The first-order valence-electron chi connectivity index (χ1n) is 7.34. The van der Waals surface area contributed by atoms with Gasteiger partial charge in [0.05, 0.1) is 18.1 Å². The fourth-order valence-electron chi connectivity index (χ4n) is 2.78. The number of anilines is 1. The van der Waals surface area contributed by atoms with Crippen LogP contribution in [0.5, 0.6) is 0 Å². The van der Waals surface area contributed by atoms with Crippen LogP contribution in [0, 0.1) is 5.82 Å². The Kier molecular flexibility index (Phi) is 3.26. The predicted molar refractivity (Wildman–Crippen MR) is 83.9 cm³/mol. The zero-order valence-corrected chi connectivity index (χ0v) is 12.4. The molecule has 0 bridgehead atoms. The third kappa shape index (κ3) is 2.40. The lowest BCUT2D eigenvalue weighted by Gasteiger charge is -2.12. The van der Waals surface area contributed by atoms with E-state index in [0.717, 1.165) is 28.1 Å². The van der Waals surface area contributed by atoms with E-state index in [1.165, 1.54) is 6.20 Å². The molecule has 3 aromatic rings. The Balaban J connectivity index is 1.59. The summed E-state index contributed by atoms with van der Waals surface area (Å²) in [4.78, 5) is 29.1. The molecule has 120 valence electrons. The molecule has 0 aliphatic carbocycles. The van der Waals surface area contributed by atoms with Gasteiger partial charge in [-0.1, -0.05) is 18.2 Å². The minimum atomic E-state index is -0.763. The second-order valence-electron chi connectivity index (χ2n) is 5.49. The number of hydrogen-bond acceptors (Lipinski definition) is 4. The number of urea groups is 1. The van der Waals surface area contributed by atoms with Crippen LogP contribution in [-0.2, 0) is 11.2 Å². The quantitative estimate of drug-likeness (QED) is 0.751. The maximum atomic E-state index is 13.3. The topological polar surface area (TPSA) is 75.4 Å². The van der Waals surface area contributed by atoms with Crippen molar-refractivity contribution in [2.24, 2.45) is 0 Å². The van der Waals surface area contributed by atoms with Crippen molar-refractivity contribution in [3.8, 4) is 0 Å². The number of furan rings is 1. The van der Waals surface area contributed by atoms with Crippen LogP contribution >= 0.6 is 0 Å². The molecule has 1 aliphatic rings. The first-order chi connectivity index (χ1) is 11.6. The minimum Gasteiger partial charge on any atom is -0.461 e. The van der Waals surface area contributed by atoms with E-state index < -0.39 is 23.8 Å². The fraction of sp³-hybridized carbons (Fsp3) is 0.118. The van der Waals surface area contributed by atoms with E-state index in [1.807, 2.05) is 30.3 Å². The van der Waals surface area contributed by atoms with Gasteiger partial charge in [0.15, 0.2) is 0 Å². The molecule has 6 nitrogen and oxygen atoms in total. The van der Waals surface area contributed by atoms with Crippen molar-refractivity contribution in [3.05, 3.63) is 60.4 Å². The summed E-state index contributed by atoms with van der Waals surface area (Å²) in [7, 11) is 0. The second-order valence-corrected chi connectivity index (χ2v) is 5.49. The molecule has 1 aliphatic heterocycles. The molecule has 2 aromatic heterocycles. The van der Waals surface area contributed by atoms with Crippen molar-refractivity contribution in [1.82, 2.24) is 10.3 Å². The smallest absolute Gasteiger partial charge is 0.329 e. The number of aromatic nitrogens is 1. The number of carbonyl (C=O) groups excluding carboxylic acids is 2. The van der Waals surface area contributed by atoms with E-state index in [4.69, 9.17) is 4.42 Å². The van der Waals surface area contributed by atoms with E-state index in [2.05, 4.69) is 10.3 Å². The van der Waals surface area contributed by atoms with Gasteiger partial charge in [-0.05, 0) is 12.1 Å². The fourth-order valence-corrected chi connectivity index (χ4v) is 2.78. The van der Waals surface area contributed by atoms with Gasteiger partial charge in [0.25, 0.3) is 5.91 Å². The monoisotopic (exact) mass is 325 g/mol. The summed E-state index contributed by atoms with van der Waals surface area (Å²) in [5.74, 6) is -0.490. The number of nitrogens with zero attached hydrogens (tertiary/aromatic N) is 2. The van der Waals surface area contributed by atoms with E-state index in [1.54, 1.807) is 0 Å². The molecule has 4 rings (SSSR count). The number of imide groups is 1. The Hall–Kier alpha value is -3.22. The third-order valence-electron chi connectivity index (χ3n) is 3.85. The van der Waals surface area contributed by atoms with Gasteiger partial charge in [-0.25, -0.2) is 14.1 Å². The maximum absolute atomic E-state index is 13.3. The van der Waals surface area contributed by atoms with Crippen molar-refractivity contribution in [1.29, 1.82) is 0 Å². The van der Waals surface area contributed by atoms with E-state index >= 15 is 0 Å². The highest BCUT2D eigenvalue weighted by atomic mass is 19.1. The number of halogens is 1. The van der Waals surface area contributed by atoms with Crippen molar-refractivity contribution in [3.63, 3.8) is 0 Å². The Labute approximate surface area is 135 Å². The summed E-state index contributed by atoms with van der Waals surface area (Å²) in [6, 6.07) is 9.05. The average Bonchev–Trinajstić information content (AvgIpc) is 3.08. The number of hydrogen-bond donors (Lipinski definition) is 1. The predicted octanol–water partition coefficient (Wildman–Crippen LogP) is 2.63. The lowest BCUT2D eigenvalue weighted by Crippen LogP contribution is -2.32. The molecule has 7 heteroatoms. The van der Waals surface area contributed by atoms with Gasteiger partial charge in [-0.15, -0.1) is 0 Å². The van der Waals surface area contributed by atoms with Gasteiger partial charge in [-0.3, -0.25) is 9.78 Å². The molecule has 1 fully saturated rings. The first kappa shape index (κ1) is 14.4. The second kappa shape index (κ2) is 5.45. The van der Waals surface area contributed by atoms with Gasteiger partial charge in [0, 0.05) is 17.9 Å². The highest BCUT2D eigenvalue weighted by molar-refractivity contribution is 6.21. The Morgan fingerprint density at radius 3 is 2.83 bits per heavy atom. The number of amides is 3. The van der Waals surface area contributed by atoms with Gasteiger partial charge in [-0.2, -0.15) is 0 Å². The van der Waals surface area contributed by atoms with Crippen LogP contribution in [0.4, 0.5) is 14.9 Å². The van der Waals surface area contributed by atoms with Gasteiger partial charge in [0.2, 0.25) is 0 Å². The molecule has 0 saturated carbocycles. The van der Waals surface area contributed by atoms with Crippen LogP contribution in [0.15, 0.2) is 53.2 Å². The summed E-state index contributed by atoms with van der Waals surface area (Å²) < 4.78 is 19.0. The van der Waals surface area contributed by atoms with Gasteiger partial charge in [0.1, 0.15) is 23.2 Å². The first-order valence-corrected chi connectivity index (χ1v) is 7.34. The normalized spacial score (nSPS) is 17.5. The lowest BCUT2D eigenvalue weighted by molar-refractivity contribution is -0.118. The summed E-state index contributed by atoms with van der Waals surface area (Å²) in [5, 5.41) is 3.52. The zero-order valence-electron chi connectivity index (χ0n) is 12.4. The standard InChI is InChI=1S/C17H12FN3O3/c18-11-6-12(9-19-8-11)21-16(22)14(20-17(21)23)7-13-5-10-3-1-2-4-15(10)24-13/h1-6,8-9,14H,7H2,(H,20,23). The number of rotatable bonds is 3. The van der Waals surface area contributed by atoms with Gasteiger partial charge >= 0.3 is 6.03 Å². The minimum absolute atomic E-state index is 0.101. The van der Waals surface area contributed by atoms with Crippen molar-refractivity contribution < 1.29 is 18.4 Å². The number of benzene rings is 1. The lowest BCUT2D eigenvalue weighted by atomic mass is 10.1. The van der Waals surface area contributed by atoms with Crippen LogP contribution < -0.4 is 10.2 Å². The number of carbonyl (C=O) groups is 2. The molecule has 1 N–H and O–H groups in total. The van der Waals surface area contributed by atoms with Crippen LogP contribution in [-0.4, -0.2) is 23.0 Å². The van der Waals surface area contributed by atoms with E-state index in [9.17, 15) is 14.0 Å². The highest BCUT2D eigenvalue weighted by Gasteiger charge is 2.39. The molecule has 3 heterocycles. The van der Waals surface area contributed by atoms with E-state index in [0.29, 0.717) is 5.76 Å². The maximum Gasteiger partial charge on any atom is 0.329 e. The molecule has 0 radical (unpaired) electrons. The Morgan fingerprint density at radius 1 is 1.21 bits per heavy atom.